The maximum Gasteiger partial charge on any atom is 0.433 e. The number of anilines is 3. The molecule has 0 saturated heterocycles. The number of carbonyl (C=O) groups excluding carboxylic acids is 1. The zero-order chi connectivity index (χ0) is 19.1. The van der Waals surface area contributed by atoms with Gasteiger partial charge in [-0.15, -0.1) is 10.2 Å². The minimum atomic E-state index is -0.705. The summed E-state index contributed by atoms with van der Waals surface area (Å²) in [6.45, 7) is 0.652. The maximum atomic E-state index is 11.8. The van der Waals surface area contributed by atoms with E-state index in [1.807, 2.05) is 18.2 Å². The zero-order valence-corrected chi connectivity index (χ0v) is 14.0. The Bertz CT molecular complexity index is 912. The number of carbonyl (C=O) groups is 1. The highest BCUT2D eigenvalue weighted by Crippen LogP contribution is 2.15. The van der Waals surface area contributed by atoms with Crippen LogP contribution in [0.5, 0.6) is 0 Å². The average molecular weight is 369 g/mol. The van der Waals surface area contributed by atoms with Gasteiger partial charge >= 0.3 is 5.88 Å². The topological polar surface area (TPSA) is 148 Å². The molecule has 3 aromatic rings. The van der Waals surface area contributed by atoms with Crippen LogP contribution in [0.25, 0.3) is 0 Å². The number of nitro groups is 1. The molecule has 3 rings (SSSR count). The number of nitrogens with zero attached hydrogens (tertiary/aromatic N) is 4. The van der Waals surface area contributed by atoms with Gasteiger partial charge in [-0.25, -0.2) is 4.98 Å². The minimum Gasteiger partial charge on any atom is -0.395 e. The van der Waals surface area contributed by atoms with E-state index < -0.39 is 16.7 Å². The Balaban J connectivity index is 1.42. The van der Waals surface area contributed by atoms with Crippen molar-refractivity contribution in [1.82, 2.24) is 20.5 Å². The molecule has 0 aliphatic heterocycles. The molecule has 0 fully saturated rings. The van der Waals surface area contributed by atoms with E-state index in [1.165, 1.54) is 6.07 Å². The molecular weight excluding hydrogens is 354 g/mol. The monoisotopic (exact) mass is 369 g/mol. The zero-order valence-electron chi connectivity index (χ0n) is 14.0. The van der Waals surface area contributed by atoms with Gasteiger partial charge in [0.05, 0.1) is 6.07 Å². The summed E-state index contributed by atoms with van der Waals surface area (Å²) in [5, 5.41) is 27.2. The number of pyridine rings is 1. The van der Waals surface area contributed by atoms with E-state index in [2.05, 4.69) is 31.1 Å². The van der Waals surface area contributed by atoms with Crippen LogP contribution in [0.2, 0.25) is 0 Å². The van der Waals surface area contributed by atoms with Crippen molar-refractivity contribution >= 4 is 29.2 Å². The van der Waals surface area contributed by atoms with Crippen LogP contribution in [0.4, 0.5) is 23.3 Å². The SMILES string of the molecule is O=C(NCCNc1ccc(Nc2ccccn2)nn1)c1ccc([N+](=O)[O-])o1. The number of hydrogen-bond donors (Lipinski definition) is 3. The van der Waals surface area contributed by atoms with Crippen LogP contribution >= 0.6 is 0 Å². The first-order valence-electron chi connectivity index (χ1n) is 7.90. The Morgan fingerprint density at radius 3 is 2.52 bits per heavy atom. The van der Waals surface area contributed by atoms with Gasteiger partial charge in [-0.05, 0) is 30.3 Å². The standard InChI is InChI=1S/C16H15N7O4/c24-16(11-4-7-15(27-11)23(25)26)19-10-9-18-13-5-6-14(22-21-13)20-12-3-1-2-8-17-12/h1-8H,9-10H2,(H,18,21)(H,19,24)(H,17,20,22). The average Bonchev–Trinajstić information content (AvgIpc) is 3.18. The highest BCUT2D eigenvalue weighted by molar-refractivity contribution is 5.91. The summed E-state index contributed by atoms with van der Waals surface area (Å²) >= 11 is 0. The summed E-state index contributed by atoms with van der Waals surface area (Å²) in [5.74, 6) is 0.607. The molecule has 11 nitrogen and oxygen atoms in total. The smallest absolute Gasteiger partial charge is 0.395 e. The fourth-order valence-corrected chi connectivity index (χ4v) is 2.06. The lowest BCUT2D eigenvalue weighted by molar-refractivity contribution is -0.402. The number of hydrogen-bond acceptors (Lipinski definition) is 9. The van der Waals surface area contributed by atoms with Crippen LogP contribution in [-0.4, -0.2) is 39.1 Å². The molecule has 1 amide bonds. The normalized spacial score (nSPS) is 10.2. The lowest BCUT2D eigenvalue weighted by atomic mass is 10.4. The van der Waals surface area contributed by atoms with Gasteiger partial charge in [0.25, 0.3) is 5.91 Å². The summed E-state index contributed by atoms with van der Waals surface area (Å²) in [7, 11) is 0. The predicted molar refractivity (Wildman–Crippen MR) is 95.7 cm³/mol. The van der Waals surface area contributed by atoms with E-state index in [4.69, 9.17) is 4.42 Å². The Morgan fingerprint density at radius 1 is 1.04 bits per heavy atom. The minimum absolute atomic E-state index is 0.119. The van der Waals surface area contributed by atoms with Gasteiger partial charge in [0.15, 0.2) is 11.6 Å². The van der Waals surface area contributed by atoms with Crippen molar-refractivity contribution in [3.63, 3.8) is 0 Å². The molecule has 138 valence electrons. The van der Waals surface area contributed by atoms with Gasteiger partial charge in [0.1, 0.15) is 16.6 Å². The molecule has 0 spiro atoms. The molecule has 3 heterocycles. The summed E-state index contributed by atoms with van der Waals surface area (Å²) in [4.78, 5) is 25.8. The molecule has 27 heavy (non-hydrogen) atoms. The lowest BCUT2D eigenvalue weighted by Crippen LogP contribution is -2.28. The fraction of sp³-hybridized carbons (Fsp3) is 0.125. The van der Waals surface area contributed by atoms with Gasteiger partial charge in [0, 0.05) is 19.3 Å². The van der Waals surface area contributed by atoms with Crippen LogP contribution in [0, 0.1) is 10.1 Å². The summed E-state index contributed by atoms with van der Waals surface area (Å²) in [6.07, 6.45) is 1.67. The maximum absolute atomic E-state index is 11.8. The molecule has 0 bridgehead atoms. The van der Waals surface area contributed by atoms with Crippen molar-refractivity contribution in [3.05, 3.63) is 64.5 Å². The molecule has 3 N–H and O–H groups in total. The van der Waals surface area contributed by atoms with E-state index >= 15 is 0 Å². The Hall–Kier alpha value is -4.02. The Morgan fingerprint density at radius 2 is 1.85 bits per heavy atom. The third-order valence-corrected chi connectivity index (χ3v) is 3.30. The van der Waals surface area contributed by atoms with Crippen LogP contribution in [0.15, 0.2) is 53.1 Å². The van der Waals surface area contributed by atoms with Gasteiger partial charge in [0.2, 0.25) is 0 Å². The number of aromatic nitrogens is 3. The molecule has 3 aromatic heterocycles. The molecule has 0 atom stereocenters. The van der Waals surface area contributed by atoms with Crippen molar-refractivity contribution < 1.29 is 14.1 Å². The Kier molecular flexibility index (Phi) is 5.52. The molecule has 0 aliphatic rings. The third-order valence-electron chi connectivity index (χ3n) is 3.30. The number of rotatable bonds is 8. The number of nitrogens with one attached hydrogen (secondary N) is 3. The van der Waals surface area contributed by atoms with E-state index in [0.29, 0.717) is 24.0 Å². The van der Waals surface area contributed by atoms with Crippen LogP contribution in [0.1, 0.15) is 10.6 Å². The van der Waals surface area contributed by atoms with Crippen molar-refractivity contribution in [1.29, 1.82) is 0 Å². The summed E-state index contributed by atoms with van der Waals surface area (Å²) in [5.41, 5.74) is 0. The highest BCUT2D eigenvalue weighted by atomic mass is 16.6. The molecule has 11 heteroatoms. The van der Waals surface area contributed by atoms with Crippen molar-refractivity contribution in [3.8, 4) is 0 Å². The molecular formula is C16H15N7O4. The third kappa shape index (κ3) is 4.98. The van der Waals surface area contributed by atoms with Crippen LogP contribution in [0.3, 0.4) is 0 Å². The molecule has 0 unspecified atom stereocenters. The highest BCUT2D eigenvalue weighted by Gasteiger charge is 2.16. The van der Waals surface area contributed by atoms with Gasteiger partial charge in [-0.3, -0.25) is 14.9 Å². The predicted octanol–water partition coefficient (Wildman–Crippen LogP) is 1.96. The van der Waals surface area contributed by atoms with E-state index in [1.54, 1.807) is 18.3 Å². The first-order chi connectivity index (χ1) is 13.1. The van der Waals surface area contributed by atoms with Crippen molar-refractivity contribution in [2.45, 2.75) is 0 Å². The van der Waals surface area contributed by atoms with Gasteiger partial charge < -0.3 is 20.4 Å². The van der Waals surface area contributed by atoms with Gasteiger partial charge in [-0.1, -0.05) is 6.07 Å². The second-order valence-corrected chi connectivity index (χ2v) is 5.22. The van der Waals surface area contributed by atoms with Crippen LogP contribution in [-0.2, 0) is 0 Å². The molecule has 0 saturated carbocycles. The first-order valence-corrected chi connectivity index (χ1v) is 7.90. The van der Waals surface area contributed by atoms with E-state index in [9.17, 15) is 14.9 Å². The fourth-order valence-electron chi connectivity index (χ4n) is 2.06. The molecule has 0 aromatic carbocycles. The number of amides is 1. The second-order valence-electron chi connectivity index (χ2n) is 5.22. The summed E-state index contributed by atoms with van der Waals surface area (Å²) < 4.78 is 4.82. The van der Waals surface area contributed by atoms with Gasteiger partial charge in [-0.2, -0.15) is 0 Å². The molecule has 0 aliphatic carbocycles. The number of furan rings is 1. The quantitative estimate of drug-likeness (QED) is 0.308. The largest absolute Gasteiger partial charge is 0.433 e. The van der Waals surface area contributed by atoms with Crippen LogP contribution < -0.4 is 16.0 Å². The van der Waals surface area contributed by atoms with E-state index in [-0.39, 0.29) is 12.3 Å². The first kappa shape index (κ1) is 17.8. The van der Waals surface area contributed by atoms with Crippen molar-refractivity contribution in [2.75, 3.05) is 23.7 Å². The lowest BCUT2D eigenvalue weighted by Gasteiger charge is -2.07. The summed E-state index contributed by atoms with van der Waals surface area (Å²) in [6, 6.07) is 11.3. The molecule has 0 radical (unpaired) electrons. The second kappa shape index (κ2) is 8.38. The van der Waals surface area contributed by atoms with E-state index in [0.717, 1.165) is 6.07 Å². The Labute approximate surface area is 153 Å². The van der Waals surface area contributed by atoms with Crippen molar-refractivity contribution in [2.24, 2.45) is 0 Å².